The van der Waals surface area contributed by atoms with Gasteiger partial charge in [-0.15, -0.1) is 0 Å². The zero-order valence-electron chi connectivity index (χ0n) is 13.6. The maximum absolute atomic E-state index is 11.8. The summed E-state index contributed by atoms with van der Waals surface area (Å²) in [7, 11) is 3.77. The summed E-state index contributed by atoms with van der Waals surface area (Å²) in [6.07, 6.45) is 2.18. The summed E-state index contributed by atoms with van der Waals surface area (Å²) in [5.41, 5.74) is 7.88. The number of benzene rings is 1. The van der Waals surface area contributed by atoms with Gasteiger partial charge in [0.1, 0.15) is 0 Å². The summed E-state index contributed by atoms with van der Waals surface area (Å²) in [6, 6.07) is 5.88. The summed E-state index contributed by atoms with van der Waals surface area (Å²) in [6.45, 7) is 6.30. The van der Waals surface area contributed by atoms with E-state index in [2.05, 4.69) is 36.4 Å². The van der Waals surface area contributed by atoms with Crippen LogP contribution in [-0.4, -0.2) is 44.0 Å². The highest BCUT2D eigenvalue weighted by atomic mass is 16.1. The molecule has 0 spiro atoms. The number of unbranched alkanes of at least 4 members (excludes halogenated alkanes) is 1. The molecule has 5 nitrogen and oxygen atoms in total. The van der Waals surface area contributed by atoms with Gasteiger partial charge in [0.15, 0.2) is 0 Å². The number of rotatable bonds is 8. The number of amides is 1. The van der Waals surface area contributed by atoms with Crippen LogP contribution >= 0.6 is 0 Å². The summed E-state index contributed by atoms with van der Waals surface area (Å²) in [5.74, 6) is -0.1000. The normalized spacial score (nSPS) is 11.0. The average molecular weight is 292 g/mol. The molecule has 0 aliphatic heterocycles. The lowest BCUT2D eigenvalue weighted by atomic mass is 10.1. The van der Waals surface area contributed by atoms with Crippen LogP contribution in [0.4, 0.5) is 11.4 Å². The number of anilines is 2. The first kappa shape index (κ1) is 17.3. The number of nitrogens with zero attached hydrogens (tertiary/aromatic N) is 1. The molecule has 0 radical (unpaired) electrons. The number of nitrogens with two attached hydrogens (primary N) is 1. The molecule has 1 amide bonds. The minimum Gasteiger partial charge on any atom is -0.399 e. The molecule has 0 aromatic heterocycles. The third kappa shape index (κ3) is 5.63. The first-order valence-corrected chi connectivity index (χ1v) is 7.51. The fourth-order valence-electron chi connectivity index (χ4n) is 2.01. The van der Waals surface area contributed by atoms with E-state index in [1.165, 1.54) is 0 Å². The zero-order chi connectivity index (χ0) is 15.8. The molecule has 0 heterocycles. The number of hydrogen-bond acceptors (Lipinski definition) is 4. The van der Waals surface area contributed by atoms with Crippen molar-refractivity contribution < 1.29 is 4.79 Å². The minimum absolute atomic E-state index is 0.1000. The van der Waals surface area contributed by atoms with Gasteiger partial charge in [-0.1, -0.05) is 0 Å². The van der Waals surface area contributed by atoms with Crippen LogP contribution in [-0.2, 0) is 0 Å². The van der Waals surface area contributed by atoms with Gasteiger partial charge < -0.3 is 21.3 Å². The molecule has 5 heteroatoms. The second kappa shape index (κ2) is 8.52. The molecule has 0 fully saturated rings. The van der Waals surface area contributed by atoms with Gasteiger partial charge in [-0.25, -0.2) is 0 Å². The Morgan fingerprint density at radius 2 is 2.05 bits per heavy atom. The van der Waals surface area contributed by atoms with Crippen LogP contribution < -0.4 is 16.4 Å². The van der Waals surface area contributed by atoms with Crippen molar-refractivity contribution in [3.63, 3.8) is 0 Å². The maximum atomic E-state index is 11.8. The monoisotopic (exact) mass is 292 g/mol. The summed E-state index contributed by atoms with van der Waals surface area (Å²) >= 11 is 0. The van der Waals surface area contributed by atoms with Crippen molar-refractivity contribution >= 4 is 17.3 Å². The van der Waals surface area contributed by atoms with E-state index in [-0.39, 0.29) is 5.91 Å². The highest BCUT2D eigenvalue weighted by molar-refractivity contribution is 6.00. The van der Waals surface area contributed by atoms with Gasteiger partial charge in [-0.2, -0.15) is 0 Å². The Morgan fingerprint density at radius 3 is 2.67 bits per heavy atom. The Balaban J connectivity index is 2.48. The molecule has 0 saturated heterocycles. The van der Waals surface area contributed by atoms with Gasteiger partial charge in [0.05, 0.1) is 5.56 Å². The van der Waals surface area contributed by atoms with Gasteiger partial charge in [-0.05, 0) is 58.5 Å². The van der Waals surface area contributed by atoms with Gasteiger partial charge >= 0.3 is 0 Å². The Bertz CT molecular complexity index is 460. The van der Waals surface area contributed by atoms with E-state index in [0.29, 0.717) is 17.3 Å². The maximum Gasteiger partial charge on any atom is 0.253 e. The van der Waals surface area contributed by atoms with E-state index in [0.717, 1.165) is 31.6 Å². The Labute approximate surface area is 127 Å². The molecule has 1 rings (SSSR count). The average Bonchev–Trinajstić information content (AvgIpc) is 2.45. The minimum atomic E-state index is -0.1000. The molecular weight excluding hydrogens is 264 g/mol. The predicted molar refractivity (Wildman–Crippen MR) is 89.7 cm³/mol. The lowest BCUT2D eigenvalue weighted by Gasteiger charge is -2.20. The standard InChI is InChI=1S/C16H28N4O/c1-12(2)20(4)10-6-5-9-19-15-11-13(17)7-8-14(15)16(21)18-3/h7-8,11-12,19H,5-6,9-10,17H2,1-4H3,(H,18,21). The third-order valence-corrected chi connectivity index (χ3v) is 3.65. The van der Waals surface area contributed by atoms with Crippen LogP contribution in [0.2, 0.25) is 0 Å². The Hall–Kier alpha value is -1.75. The molecule has 0 bridgehead atoms. The lowest BCUT2D eigenvalue weighted by Crippen LogP contribution is -2.27. The second-order valence-electron chi connectivity index (χ2n) is 5.59. The van der Waals surface area contributed by atoms with Gasteiger partial charge in [0.2, 0.25) is 0 Å². The van der Waals surface area contributed by atoms with Crippen LogP contribution in [0, 0.1) is 0 Å². The van der Waals surface area contributed by atoms with E-state index >= 15 is 0 Å². The van der Waals surface area contributed by atoms with Crippen molar-refractivity contribution in [3.8, 4) is 0 Å². The van der Waals surface area contributed by atoms with Crippen LogP contribution in [0.1, 0.15) is 37.0 Å². The molecular formula is C16H28N4O. The van der Waals surface area contributed by atoms with Crippen molar-refractivity contribution in [2.24, 2.45) is 0 Å². The highest BCUT2D eigenvalue weighted by Gasteiger charge is 2.09. The Morgan fingerprint density at radius 1 is 1.33 bits per heavy atom. The number of hydrogen-bond donors (Lipinski definition) is 3. The predicted octanol–water partition coefficient (Wildman–Crippen LogP) is 2.16. The van der Waals surface area contributed by atoms with Crippen molar-refractivity contribution in [1.82, 2.24) is 10.2 Å². The van der Waals surface area contributed by atoms with Crippen molar-refractivity contribution in [3.05, 3.63) is 23.8 Å². The van der Waals surface area contributed by atoms with Crippen molar-refractivity contribution in [2.45, 2.75) is 32.7 Å². The summed E-state index contributed by atoms with van der Waals surface area (Å²) < 4.78 is 0. The molecule has 1 aromatic carbocycles. The van der Waals surface area contributed by atoms with E-state index in [1.54, 1.807) is 19.2 Å². The fraction of sp³-hybridized carbons (Fsp3) is 0.562. The molecule has 1 aromatic rings. The molecule has 21 heavy (non-hydrogen) atoms. The van der Waals surface area contributed by atoms with E-state index in [9.17, 15) is 4.79 Å². The largest absolute Gasteiger partial charge is 0.399 e. The van der Waals surface area contributed by atoms with E-state index in [4.69, 9.17) is 5.73 Å². The van der Waals surface area contributed by atoms with Gasteiger partial charge in [0, 0.05) is 31.0 Å². The molecule has 118 valence electrons. The summed E-state index contributed by atoms with van der Waals surface area (Å²) in [5, 5.41) is 5.96. The van der Waals surface area contributed by atoms with Gasteiger partial charge in [0.25, 0.3) is 5.91 Å². The topological polar surface area (TPSA) is 70.4 Å². The highest BCUT2D eigenvalue weighted by Crippen LogP contribution is 2.19. The molecule has 0 aliphatic carbocycles. The SMILES string of the molecule is CNC(=O)c1ccc(N)cc1NCCCCN(C)C(C)C. The first-order valence-electron chi connectivity index (χ1n) is 7.51. The van der Waals surface area contributed by atoms with Gasteiger partial charge in [-0.3, -0.25) is 4.79 Å². The zero-order valence-corrected chi connectivity index (χ0v) is 13.6. The number of carbonyl (C=O) groups is 1. The molecule has 0 atom stereocenters. The van der Waals surface area contributed by atoms with Crippen LogP contribution in [0.15, 0.2) is 18.2 Å². The van der Waals surface area contributed by atoms with Crippen LogP contribution in [0.5, 0.6) is 0 Å². The third-order valence-electron chi connectivity index (χ3n) is 3.65. The first-order chi connectivity index (χ1) is 9.95. The molecule has 4 N–H and O–H groups in total. The van der Waals surface area contributed by atoms with Crippen molar-refractivity contribution in [2.75, 3.05) is 38.2 Å². The second-order valence-corrected chi connectivity index (χ2v) is 5.59. The fourth-order valence-corrected chi connectivity index (χ4v) is 2.01. The smallest absolute Gasteiger partial charge is 0.253 e. The number of nitrogen functional groups attached to an aromatic ring is 1. The van der Waals surface area contributed by atoms with Crippen LogP contribution in [0.3, 0.4) is 0 Å². The van der Waals surface area contributed by atoms with E-state index < -0.39 is 0 Å². The number of carbonyl (C=O) groups excluding carboxylic acids is 1. The quantitative estimate of drug-likeness (QED) is 0.507. The Kier molecular flexibility index (Phi) is 7.02. The van der Waals surface area contributed by atoms with Crippen LogP contribution in [0.25, 0.3) is 0 Å². The number of nitrogens with one attached hydrogen (secondary N) is 2. The summed E-state index contributed by atoms with van der Waals surface area (Å²) in [4.78, 5) is 14.1. The lowest BCUT2D eigenvalue weighted by molar-refractivity contribution is 0.0964. The van der Waals surface area contributed by atoms with Crippen molar-refractivity contribution in [1.29, 1.82) is 0 Å². The molecule has 0 aliphatic rings. The molecule has 0 unspecified atom stereocenters. The molecule has 0 saturated carbocycles. The van der Waals surface area contributed by atoms with E-state index in [1.807, 2.05) is 6.07 Å².